The van der Waals surface area contributed by atoms with Gasteiger partial charge in [-0.3, -0.25) is 0 Å². The van der Waals surface area contributed by atoms with Gasteiger partial charge in [0, 0.05) is 5.92 Å². The maximum absolute atomic E-state index is 10.7. The first-order valence-corrected chi connectivity index (χ1v) is 3.96. The van der Waals surface area contributed by atoms with E-state index in [0.29, 0.717) is 10.2 Å². The normalized spacial score (nSPS) is 8.67. The van der Waals surface area contributed by atoms with E-state index < -0.39 is 5.97 Å². The van der Waals surface area contributed by atoms with Crippen LogP contribution in [0.3, 0.4) is 0 Å². The molecule has 0 atom stereocenters. The Kier molecular flexibility index (Phi) is 2.89. The highest BCUT2D eigenvalue weighted by Gasteiger charge is 2.02. The molecule has 0 fully saturated rings. The van der Waals surface area contributed by atoms with Crippen molar-refractivity contribution in [2.75, 3.05) is 0 Å². The minimum Gasteiger partial charge on any atom is -0.416 e. The Morgan fingerprint density at radius 2 is 2.17 bits per heavy atom. The SMILES string of the molecule is C#CC(=O)Oc1ccccc1Br. The summed E-state index contributed by atoms with van der Waals surface area (Å²) in [5.41, 5.74) is 0. The van der Waals surface area contributed by atoms with Crippen LogP contribution in [0, 0.1) is 12.3 Å². The Morgan fingerprint density at radius 3 is 2.75 bits per heavy atom. The monoisotopic (exact) mass is 224 g/mol. The van der Waals surface area contributed by atoms with Gasteiger partial charge >= 0.3 is 5.97 Å². The lowest BCUT2D eigenvalue weighted by molar-refractivity contribution is -0.128. The Hall–Kier alpha value is -1.27. The summed E-state index contributed by atoms with van der Waals surface area (Å²) in [6, 6.07) is 6.99. The van der Waals surface area contributed by atoms with Crippen LogP contribution >= 0.6 is 15.9 Å². The highest BCUT2D eigenvalue weighted by molar-refractivity contribution is 9.10. The zero-order valence-electron chi connectivity index (χ0n) is 6.08. The van der Waals surface area contributed by atoms with Gasteiger partial charge in [0.2, 0.25) is 0 Å². The van der Waals surface area contributed by atoms with Crippen LogP contribution in [0.15, 0.2) is 28.7 Å². The second kappa shape index (κ2) is 3.93. The zero-order valence-corrected chi connectivity index (χ0v) is 7.67. The Bertz CT molecular complexity index is 339. The lowest BCUT2D eigenvalue weighted by atomic mass is 10.3. The molecule has 0 aromatic heterocycles. The Labute approximate surface area is 78.7 Å². The second-order valence-corrected chi connectivity index (χ2v) is 2.82. The molecule has 0 heterocycles. The summed E-state index contributed by atoms with van der Waals surface area (Å²) in [5, 5.41) is 0. The van der Waals surface area contributed by atoms with Crippen molar-refractivity contribution >= 4 is 21.9 Å². The van der Waals surface area contributed by atoms with Crippen molar-refractivity contribution in [3.8, 4) is 18.1 Å². The van der Waals surface area contributed by atoms with Gasteiger partial charge in [-0.25, -0.2) is 4.79 Å². The largest absolute Gasteiger partial charge is 0.416 e. The van der Waals surface area contributed by atoms with Crippen LogP contribution in [0.25, 0.3) is 0 Å². The van der Waals surface area contributed by atoms with Crippen molar-refractivity contribution in [3.63, 3.8) is 0 Å². The van der Waals surface area contributed by atoms with E-state index in [1.54, 1.807) is 18.2 Å². The maximum Gasteiger partial charge on any atom is 0.389 e. The lowest BCUT2D eigenvalue weighted by Gasteiger charge is -2.00. The van der Waals surface area contributed by atoms with Gasteiger partial charge in [-0.2, -0.15) is 0 Å². The molecule has 0 spiro atoms. The van der Waals surface area contributed by atoms with E-state index in [9.17, 15) is 4.79 Å². The van der Waals surface area contributed by atoms with E-state index in [2.05, 4.69) is 15.9 Å². The first-order chi connectivity index (χ1) is 5.74. The van der Waals surface area contributed by atoms with Crippen molar-refractivity contribution in [1.29, 1.82) is 0 Å². The molecule has 1 aromatic rings. The van der Waals surface area contributed by atoms with E-state index in [-0.39, 0.29) is 0 Å². The lowest BCUT2D eigenvalue weighted by Crippen LogP contribution is -2.03. The quantitative estimate of drug-likeness (QED) is 0.316. The number of rotatable bonds is 1. The standard InChI is InChI=1S/C9H5BrO2/c1-2-9(11)12-8-6-4-3-5-7(8)10/h1,3-6H. The predicted molar refractivity (Wildman–Crippen MR) is 48.6 cm³/mol. The number of carbonyl (C=O) groups excluding carboxylic acids is 1. The fourth-order valence-corrected chi connectivity index (χ4v) is 1.02. The molecule has 0 unspecified atom stereocenters. The molecule has 3 heteroatoms. The summed E-state index contributed by atoms with van der Waals surface area (Å²) in [4.78, 5) is 10.7. The molecule has 1 aromatic carbocycles. The second-order valence-electron chi connectivity index (χ2n) is 1.96. The van der Waals surface area contributed by atoms with Gasteiger partial charge < -0.3 is 4.74 Å². The number of carbonyl (C=O) groups is 1. The van der Waals surface area contributed by atoms with Crippen LogP contribution in [-0.2, 0) is 4.79 Å². The molecule has 0 bridgehead atoms. The summed E-state index contributed by atoms with van der Waals surface area (Å²) in [6.45, 7) is 0. The van der Waals surface area contributed by atoms with E-state index >= 15 is 0 Å². The van der Waals surface area contributed by atoms with Gasteiger partial charge in [0.1, 0.15) is 5.75 Å². The van der Waals surface area contributed by atoms with Gasteiger partial charge in [-0.1, -0.05) is 12.1 Å². The van der Waals surface area contributed by atoms with Crippen molar-refractivity contribution in [2.45, 2.75) is 0 Å². The fraction of sp³-hybridized carbons (Fsp3) is 0. The molecule has 0 N–H and O–H groups in total. The van der Waals surface area contributed by atoms with Gasteiger partial charge in [0.15, 0.2) is 0 Å². The third-order valence-corrected chi connectivity index (χ3v) is 1.81. The van der Waals surface area contributed by atoms with E-state index in [1.165, 1.54) is 0 Å². The number of esters is 1. The van der Waals surface area contributed by atoms with Crippen molar-refractivity contribution < 1.29 is 9.53 Å². The van der Waals surface area contributed by atoms with Gasteiger partial charge in [-0.15, -0.1) is 6.42 Å². The van der Waals surface area contributed by atoms with Gasteiger partial charge in [0.05, 0.1) is 4.47 Å². The summed E-state index contributed by atoms with van der Waals surface area (Å²) in [5.74, 6) is 1.60. The molecular weight excluding hydrogens is 220 g/mol. The summed E-state index contributed by atoms with van der Waals surface area (Å²) in [6.07, 6.45) is 4.83. The zero-order chi connectivity index (χ0) is 8.97. The van der Waals surface area contributed by atoms with Crippen LogP contribution in [0.2, 0.25) is 0 Å². The molecule has 0 aliphatic carbocycles. The first kappa shape index (κ1) is 8.82. The number of terminal acetylenes is 1. The number of hydrogen-bond acceptors (Lipinski definition) is 2. The number of benzene rings is 1. The van der Waals surface area contributed by atoms with Crippen LogP contribution in [0.1, 0.15) is 0 Å². The molecule has 0 aliphatic heterocycles. The van der Waals surface area contributed by atoms with Crippen LogP contribution in [0.4, 0.5) is 0 Å². The van der Waals surface area contributed by atoms with E-state index in [1.807, 2.05) is 12.0 Å². The summed E-state index contributed by atoms with van der Waals surface area (Å²) in [7, 11) is 0. The number of hydrogen-bond donors (Lipinski definition) is 0. The highest BCUT2D eigenvalue weighted by atomic mass is 79.9. The minimum absolute atomic E-state index is 0.431. The van der Waals surface area contributed by atoms with Crippen LogP contribution < -0.4 is 4.74 Å². The third kappa shape index (κ3) is 2.11. The highest BCUT2D eigenvalue weighted by Crippen LogP contribution is 2.23. The average Bonchev–Trinajstić information content (AvgIpc) is 2.09. The fourth-order valence-electron chi connectivity index (χ4n) is 0.657. The molecule has 0 saturated carbocycles. The molecular formula is C9H5BrO2. The summed E-state index contributed by atoms with van der Waals surface area (Å²) < 4.78 is 5.47. The predicted octanol–water partition coefficient (Wildman–Crippen LogP) is 1.99. The molecule has 0 radical (unpaired) electrons. The molecule has 0 saturated heterocycles. The molecule has 0 amide bonds. The Balaban J connectivity index is 2.84. The van der Waals surface area contributed by atoms with Crippen molar-refractivity contribution in [2.24, 2.45) is 0 Å². The van der Waals surface area contributed by atoms with Gasteiger partial charge in [-0.05, 0) is 28.1 Å². The maximum atomic E-state index is 10.7. The minimum atomic E-state index is -0.693. The number of halogens is 1. The topological polar surface area (TPSA) is 26.3 Å². The first-order valence-electron chi connectivity index (χ1n) is 3.17. The van der Waals surface area contributed by atoms with E-state index in [4.69, 9.17) is 11.2 Å². The molecule has 12 heavy (non-hydrogen) atoms. The third-order valence-electron chi connectivity index (χ3n) is 1.16. The van der Waals surface area contributed by atoms with Gasteiger partial charge in [0.25, 0.3) is 0 Å². The molecule has 0 aliphatic rings. The van der Waals surface area contributed by atoms with Crippen molar-refractivity contribution in [1.82, 2.24) is 0 Å². The van der Waals surface area contributed by atoms with E-state index in [0.717, 1.165) is 0 Å². The van der Waals surface area contributed by atoms with Crippen molar-refractivity contribution in [3.05, 3.63) is 28.7 Å². The number of para-hydroxylation sites is 1. The Morgan fingerprint density at radius 1 is 1.50 bits per heavy atom. The number of ether oxygens (including phenoxy) is 1. The smallest absolute Gasteiger partial charge is 0.389 e. The van der Waals surface area contributed by atoms with Crippen LogP contribution in [0.5, 0.6) is 5.75 Å². The molecule has 2 nitrogen and oxygen atoms in total. The molecule has 1 rings (SSSR count). The summed E-state index contributed by atoms with van der Waals surface area (Å²) >= 11 is 3.21. The average molecular weight is 225 g/mol. The molecule has 60 valence electrons. The van der Waals surface area contributed by atoms with Crippen LogP contribution in [-0.4, -0.2) is 5.97 Å².